The summed E-state index contributed by atoms with van der Waals surface area (Å²) in [5.41, 5.74) is -0.357. The van der Waals surface area contributed by atoms with Gasteiger partial charge in [-0.15, -0.1) is 0 Å². The summed E-state index contributed by atoms with van der Waals surface area (Å²) in [6.07, 6.45) is 1.47. The van der Waals surface area contributed by atoms with Gasteiger partial charge >= 0.3 is 0 Å². The van der Waals surface area contributed by atoms with E-state index in [0.29, 0.717) is 17.0 Å². The van der Waals surface area contributed by atoms with E-state index in [1.165, 1.54) is 13.3 Å². The molecule has 0 spiro atoms. The van der Waals surface area contributed by atoms with Crippen LogP contribution in [0.15, 0.2) is 42.6 Å². The van der Waals surface area contributed by atoms with Crippen molar-refractivity contribution in [2.24, 2.45) is 0 Å². The van der Waals surface area contributed by atoms with Crippen LogP contribution >= 0.6 is 0 Å². The highest BCUT2D eigenvalue weighted by Gasteiger charge is 2.47. The van der Waals surface area contributed by atoms with Crippen molar-refractivity contribution < 1.29 is 14.6 Å². The lowest BCUT2D eigenvalue weighted by Gasteiger charge is -2.20. The van der Waals surface area contributed by atoms with Gasteiger partial charge in [-0.1, -0.05) is 18.2 Å². The second-order valence-corrected chi connectivity index (χ2v) is 4.29. The molecule has 1 atom stereocenters. The molecule has 2 N–H and O–H groups in total. The summed E-state index contributed by atoms with van der Waals surface area (Å²) >= 11 is 0. The molecule has 19 heavy (non-hydrogen) atoms. The van der Waals surface area contributed by atoms with Crippen molar-refractivity contribution in [1.29, 1.82) is 0 Å². The zero-order chi connectivity index (χ0) is 13.5. The van der Waals surface area contributed by atoms with Gasteiger partial charge < -0.3 is 15.2 Å². The van der Waals surface area contributed by atoms with Crippen LogP contribution in [0.4, 0.5) is 5.69 Å². The first kappa shape index (κ1) is 11.7. The zero-order valence-corrected chi connectivity index (χ0v) is 10.3. The van der Waals surface area contributed by atoms with Gasteiger partial charge in [0.25, 0.3) is 5.91 Å². The molecule has 96 valence electrons. The van der Waals surface area contributed by atoms with Gasteiger partial charge in [0.2, 0.25) is 5.60 Å². The second-order valence-electron chi connectivity index (χ2n) is 4.29. The van der Waals surface area contributed by atoms with Crippen LogP contribution in [0, 0.1) is 0 Å². The van der Waals surface area contributed by atoms with Crippen molar-refractivity contribution in [2.45, 2.75) is 5.60 Å². The third-order valence-electron chi connectivity index (χ3n) is 3.24. The van der Waals surface area contributed by atoms with Crippen LogP contribution in [0.2, 0.25) is 0 Å². The Morgan fingerprint density at radius 3 is 2.74 bits per heavy atom. The summed E-state index contributed by atoms with van der Waals surface area (Å²) in [6, 6.07) is 10.3. The monoisotopic (exact) mass is 256 g/mol. The summed E-state index contributed by atoms with van der Waals surface area (Å²) in [6.45, 7) is 0. The molecular weight excluding hydrogens is 244 g/mol. The highest BCUT2D eigenvalue weighted by atomic mass is 16.5. The molecule has 1 aromatic carbocycles. The Balaban J connectivity index is 2.14. The van der Waals surface area contributed by atoms with Gasteiger partial charge in [-0.2, -0.15) is 0 Å². The number of benzene rings is 1. The van der Waals surface area contributed by atoms with E-state index in [2.05, 4.69) is 10.3 Å². The highest BCUT2D eigenvalue weighted by Crippen LogP contribution is 2.39. The Morgan fingerprint density at radius 1 is 1.26 bits per heavy atom. The van der Waals surface area contributed by atoms with Gasteiger partial charge in [-0.3, -0.25) is 9.78 Å². The van der Waals surface area contributed by atoms with Crippen molar-refractivity contribution in [3.05, 3.63) is 53.9 Å². The Bertz CT molecular complexity index is 639. The fourth-order valence-corrected chi connectivity index (χ4v) is 2.21. The number of amides is 1. The summed E-state index contributed by atoms with van der Waals surface area (Å²) in [5.74, 6) is 0.0745. The number of nitrogens with zero attached hydrogens (tertiary/aromatic N) is 1. The molecule has 0 aliphatic carbocycles. The second kappa shape index (κ2) is 4.07. The van der Waals surface area contributed by atoms with Gasteiger partial charge in [-0.25, -0.2) is 0 Å². The molecule has 0 saturated heterocycles. The van der Waals surface area contributed by atoms with Gasteiger partial charge in [0.1, 0.15) is 5.75 Å². The minimum absolute atomic E-state index is 0.274. The first-order valence-corrected chi connectivity index (χ1v) is 5.80. The van der Waals surface area contributed by atoms with Crippen LogP contribution in [0.3, 0.4) is 0 Å². The van der Waals surface area contributed by atoms with E-state index in [-0.39, 0.29) is 5.69 Å². The average molecular weight is 256 g/mol. The first-order chi connectivity index (χ1) is 9.16. The maximum Gasteiger partial charge on any atom is 0.267 e. The highest BCUT2D eigenvalue weighted by molar-refractivity contribution is 6.06. The Morgan fingerprint density at radius 2 is 2.05 bits per heavy atom. The van der Waals surface area contributed by atoms with Crippen molar-refractivity contribution in [2.75, 3.05) is 12.4 Å². The van der Waals surface area contributed by atoms with E-state index < -0.39 is 11.5 Å². The molecule has 1 unspecified atom stereocenters. The van der Waals surface area contributed by atoms with Crippen LogP contribution < -0.4 is 10.1 Å². The number of carbonyl (C=O) groups is 1. The number of pyridine rings is 1. The summed E-state index contributed by atoms with van der Waals surface area (Å²) in [7, 11) is 1.53. The number of carbonyl (C=O) groups excluding carboxylic acids is 1. The lowest BCUT2D eigenvalue weighted by Crippen LogP contribution is -2.36. The number of hydrogen-bond donors (Lipinski definition) is 2. The molecule has 3 rings (SSSR count). The number of aromatic nitrogens is 1. The molecule has 1 aliphatic heterocycles. The minimum atomic E-state index is -1.75. The largest absolute Gasteiger partial charge is 0.495 e. The fourth-order valence-electron chi connectivity index (χ4n) is 2.21. The van der Waals surface area contributed by atoms with Gasteiger partial charge in [-0.05, 0) is 18.2 Å². The molecule has 5 heteroatoms. The van der Waals surface area contributed by atoms with Gasteiger partial charge in [0.05, 0.1) is 19.0 Å². The van der Waals surface area contributed by atoms with E-state index in [1.54, 1.807) is 36.4 Å². The molecule has 5 nitrogen and oxygen atoms in total. The Kier molecular flexibility index (Phi) is 2.50. The van der Waals surface area contributed by atoms with Crippen LogP contribution in [0.25, 0.3) is 0 Å². The number of rotatable bonds is 2. The molecule has 2 aromatic rings. The van der Waals surface area contributed by atoms with Crippen molar-refractivity contribution >= 4 is 11.6 Å². The number of nitrogens with one attached hydrogen (secondary N) is 1. The van der Waals surface area contributed by atoms with Gasteiger partial charge in [0.15, 0.2) is 0 Å². The van der Waals surface area contributed by atoms with Crippen molar-refractivity contribution in [1.82, 2.24) is 4.98 Å². The third kappa shape index (κ3) is 1.59. The number of ether oxygens (including phenoxy) is 1. The lowest BCUT2D eigenvalue weighted by molar-refractivity contribution is -0.130. The molecule has 0 radical (unpaired) electrons. The fraction of sp³-hybridized carbons (Fsp3) is 0.143. The molecule has 0 fully saturated rings. The summed E-state index contributed by atoms with van der Waals surface area (Å²) < 4.78 is 5.02. The number of para-hydroxylation sites is 1. The predicted molar refractivity (Wildman–Crippen MR) is 68.9 cm³/mol. The number of aliphatic hydroxyl groups is 1. The maximum absolute atomic E-state index is 12.1. The SMILES string of the molecule is COc1ccc(C2(O)C(=O)Nc3ccccc32)nc1. The van der Waals surface area contributed by atoms with E-state index in [1.807, 2.05) is 0 Å². The van der Waals surface area contributed by atoms with Gasteiger partial charge in [0, 0.05) is 11.3 Å². The molecule has 1 aliphatic rings. The van der Waals surface area contributed by atoms with E-state index >= 15 is 0 Å². The van der Waals surface area contributed by atoms with Crippen molar-refractivity contribution in [3.8, 4) is 5.75 Å². The van der Waals surface area contributed by atoms with E-state index in [4.69, 9.17) is 4.74 Å². The summed E-state index contributed by atoms with van der Waals surface area (Å²) in [4.78, 5) is 16.2. The zero-order valence-electron chi connectivity index (χ0n) is 10.3. The normalized spacial score (nSPS) is 20.8. The average Bonchev–Trinajstić information content (AvgIpc) is 2.72. The van der Waals surface area contributed by atoms with Crippen LogP contribution in [0.1, 0.15) is 11.3 Å². The number of methoxy groups -OCH3 is 1. The van der Waals surface area contributed by atoms with Crippen LogP contribution in [-0.4, -0.2) is 23.1 Å². The standard InChI is InChI=1S/C14H12N2O3/c1-19-9-6-7-12(15-8-9)14(18)10-4-2-3-5-11(10)16-13(14)17/h2-8,18H,1H3,(H,16,17). The number of hydrogen-bond acceptors (Lipinski definition) is 4. The Labute approximate surface area is 109 Å². The third-order valence-corrected chi connectivity index (χ3v) is 3.24. The number of fused-ring (bicyclic) bond motifs is 1. The molecule has 0 bridgehead atoms. The predicted octanol–water partition coefficient (Wildman–Crippen LogP) is 1.28. The Hall–Kier alpha value is -2.40. The van der Waals surface area contributed by atoms with E-state index in [9.17, 15) is 9.90 Å². The van der Waals surface area contributed by atoms with Crippen molar-refractivity contribution in [3.63, 3.8) is 0 Å². The molecule has 1 aromatic heterocycles. The molecule has 1 amide bonds. The molecule has 2 heterocycles. The molecule has 0 saturated carbocycles. The smallest absolute Gasteiger partial charge is 0.267 e. The topological polar surface area (TPSA) is 71.5 Å². The van der Waals surface area contributed by atoms with E-state index in [0.717, 1.165) is 0 Å². The minimum Gasteiger partial charge on any atom is -0.495 e. The van der Waals surface area contributed by atoms with Crippen LogP contribution in [0.5, 0.6) is 5.75 Å². The number of anilines is 1. The van der Waals surface area contributed by atoms with Crippen LogP contribution in [-0.2, 0) is 10.4 Å². The lowest BCUT2D eigenvalue weighted by atomic mass is 9.91. The first-order valence-electron chi connectivity index (χ1n) is 5.80. The quantitative estimate of drug-likeness (QED) is 0.849. The summed E-state index contributed by atoms with van der Waals surface area (Å²) in [5, 5.41) is 13.4. The maximum atomic E-state index is 12.1. The molecular formula is C14H12N2O3.